The van der Waals surface area contributed by atoms with Crippen LogP contribution in [-0.4, -0.2) is 31.1 Å². The number of ether oxygens (including phenoxy) is 1. The summed E-state index contributed by atoms with van der Waals surface area (Å²) in [7, 11) is 0. The lowest BCUT2D eigenvalue weighted by Gasteiger charge is -2.03. The van der Waals surface area contributed by atoms with Gasteiger partial charge in [0.1, 0.15) is 16.5 Å². The Kier molecular flexibility index (Phi) is 4.35. The maximum atomic E-state index is 11.0. The van der Waals surface area contributed by atoms with Gasteiger partial charge in [0, 0.05) is 12.1 Å². The van der Waals surface area contributed by atoms with Crippen LogP contribution < -0.4 is 10.5 Å². The molecular weight excluding hydrogens is 400 g/mol. The summed E-state index contributed by atoms with van der Waals surface area (Å²) >= 11 is 3.15. The average Bonchev–Trinajstić information content (AvgIpc) is 3.06. The van der Waals surface area contributed by atoms with Crippen molar-refractivity contribution in [1.29, 1.82) is 0 Å². The third-order valence-electron chi connectivity index (χ3n) is 2.87. The van der Waals surface area contributed by atoms with E-state index in [-0.39, 0.29) is 23.0 Å². The fourth-order valence-corrected chi connectivity index (χ4v) is 2.12. The lowest BCUT2D eigenvalue weighted by Crippen LogP contribution is -2.17. The maximum Gasteiger partial charge on any atom is 0.411 e. The third-order valence-corrected chi connectivity index (χ3v) is 3.25. The molecule has 3 heterocycles. The zero-order chi connectivity index (χ0) is 18.0. The predicted molar refractivity (Wildman–Crippen MR) is 85.3 cm³/mol. The Bertz CT molecular complexity index is 958. The minimum Gasteiger partial charge on any atom is -0.389 e. The van der Waals surface area contributed by atoms with Crippen molar-refractivity contribution in [2.45, 2.75) is 0 Å². The molecule has 12 heteroatoms. The van der Waals surface area contributed by atoms with Crippen LogP contribution in [0.5, 0.6) is 5.88 Å². The quantitative estimate of drug-likeness (QED) is 0.505. The van der Waals surface area contributed by atoms with Gasteiger partial charge in [-0.15, -0.1) is 0 Å². The molecule has 0 spiro atoms. The van der Waals surface area contributed by atoms with Gasteiger partial charge in [-0.1, -0.05) is 5.16 Å². The number of carbonyl (C=O) groups is 1. The molecule has 0 fully saturated rings. The van der Waals surface area contributed by atoms with E-state index in [0.29, 0.717) is 16.0 Å². The third kappa shape index (κ3) is 3.58. The largest absolute Gasteiger partial charge is 0.411 e. The smallest absolute Gasteiger partial charge is 0.389 e. The number of rotatable bonds is 4. The molecule has 3 aromatic rings. The summed E-state index contributed by atoms with van der Waals surface area (Å²) in [5.41, 5.74) is 5.58. The zero-order valence-corrected chi connectivity index (χ0v) is 13.7. The molecule has 0 atom stereocenters. The highest BCUT2D eigenvalue weighted by Crippen LogP contribution is 2.30. The fraction of sp³-hybridized carbons (Fsp3) is 0. The number of halogens is 1. The summed E-state index contributed by atoms with van der Waals surface area (Å²) in [4.78, 5) is 33.0. The molecule has 126 valence electrons. The standard InChI is InChI=1S/C13H7BrN6O5/c14-10-5-17-12(24-13(15)21)11(18-10)9-3-8(19-25-9)7-2-1-6(4-16-7)20(22)23/h1-5H,(H2,15,21). The molecule has 0 saturated carbocycles. The van der Waals surface area contributed by atoms with E-state index in [1.807, 2.05) is 0 Å². The Morgan fingerprint density at radius 2 is 2.08 bits per heavy atom. The average molecular weight is 407 g/mol. The lowest BCUT2D eigenvalue weighted by molar-refractivity contribution is -0.385. The number of aromatic nitrogens is 4. The Morgan fingerprint density at radius 3 is 2.72 bits per heavy atom. The first-order valence-electron chi connectivity index (χ1n) is 6.52. The number of carbonyl (C=O) groups excluding carboxylic acids is 1. The van der Waals surface area contributed by atoms with Gasteiger partial charge in [-0.2, -0.15) is 0 Å². The summed E-state index contributed by atoms with van der Waals surface area (Å²) < 4.78 is 10.3. The van der Waals surface area contributed by atoms with Crippen LogP contribution in [0.2, 0.25) is 0 Å². The van der Waals surface area contributed by atoms with Gasteiger partial charge in [-0.25, -0.2) is 19.7 Å². The van der Waals surface area contributed by atoms with Crippen LogP contribution in [0.25, 0.3) is 22.8 Å². The van der Waals surface area contributed by atoms with Crippen molar-refractivity contribution in [3.05, 3.63) is 45.3 Å². The monoisotopic (exact) mass is 406 g/mol. The molecule has 0 aliphatic heterocycles. The van der Waals surface area contributed by atoms with Crippen LogP contribution in [0.1, 0.15) is 0 Å². The molecule has 2 N–H and O–H groups in total. The lowest BCUT2D eigenvalue weighted by atomic mass is 10.2. The molecule has 0 unspecified atom stereocenters. The normalized spacial score (nSPS) is 10.4. The van der Waals surface area contributed by atoms with Gasteiger partial charge in [-0.3, -0.25) is 10.1 Å². The number of nitrogens with zero attached hydrogens (tertiary/aromatic N) is 5. The predicted octanol–water partition coefficient (Wildman–Crippen LogP) is 2.32. The van der Waals surface area contributed by atoms with Gasteiger partial charge >= 0.3 is 6.09 Å². The first-order chi connectivity index (χ1) is 11.9. The second-order valence-corrected chi connectivity index (χ2v) is 5.32. The molecule has 0 aliphatic rings. The number of nitrogens with two attached hydrogens (primary N) is 1. The minimum atomic E-state index is -1.06. The Labute approximate surface area is 147 Å². The van der Waals surface area contributed by atoms with Crippen molar-refractivity contribution >= 4 is 27.7 Å². The number of nitro groups is 1. The zero-order valence-electron chi connectivity index (χ0n) is 12.1. The van der Waals surface area contributed by atoms with Gasteiger partial charge in [0.25, 0.3) is 11.6 Å². The van der Waals surface area contributed by atoms with E-state index in [1.165, 1.54) is 24.4 Å². The summed E-state index contributed by atoms with van der Waals surface area (Å²) in [6.45, 7) is 0. The molecule has 11 nitrogen and oxygen atoms in total. The van der Waals surface area contributed by atoms with E-state index in [2.05, 4.69) is 36.0 Å². The van der Waals surface area contributed by atoms with Crippen LogP contribution >= 0.6 is 15.9 Å². The van der Waals surface area contributed by atoms with Gasteiger partial charge in [0.15, 0.2) is 11.5 Å². The van der Waals surface area contributed by atoms with Crippen LogP contribution in [0.3, 0.4) is 0 Å². The minimum absolute atomic E-state index is 0.0915. The first-order valence-corrected chi connectivity index (χ1v) is 7.31. The first kappa shape index (κ1) is 16.4. The van der Waals surface area contributed by atoms with Gasteiger partial charge in [-0.05, 0) is 22.0 Å². The summed E-state index contributed by atoms with van der Waals surface area (Å²) in [5.74, 6) is -0.0183. The van der Waals surface area contributed by atoms with Gasteiger partial charge < -0.3 is 15.0 Å². The second-order valence-electron chi connectivity index (χ2n) is 4.50. The number of primary amides is 1. The van der Waals surface area contributed by atoms with Crippen molar-refractivity contribution in [2.24, 2.45) is 5.73 Å². The highest BCUT2D eigenvalue weighted by Gasteiger charge is 2.19. The molecule has 25 heavy (non-hydrogen) atoms. The maximum absolute atomic E-state index is 11.0. The van der Waals surface area contributed by atoms with Crippen molar-refractivity contribution in [2.75, 3.05) is 0 Å². The van der Waals surface area contributed by atoms with Crippen LogP contribution in [0, 0.1) is 10.1 Å². The number of pyridine rings is 1. The molecule has 0 radical (unpaired) electrons. The highest BCUT2D eigenvalue weighted by atomic mass is 79.9. The Morgan fingerprint density at radius 1 is 1.28 bits per heavy atom. The van der Waals surface area contributed by atoms with E-state index in [4.69, 9.17) is 15.0 Å². The summed E-state index contributed by atoms with van der Waals surface area (Å²) in [5, 5.41) is 14.5. The molecule has 0 saturated heterocycles. The van der Waals surface area contributed by atoms with E-state index in [0.717, 1.165) is 6.20 Å². The molecule has 3 aromatic heterocycles. The highest BCUT2D eigenvalue weighted by molar-refractivity contribution is 9.10. The van der Waals surface area contributed by atoms with Crippen molar-refractivity contribution in [3.8, 4) is 28.7 Å². The van der Waals surface area contributed by atoms with E-state index in [1.54, 1.807) is 0 Å². The molecule has 3 rings (SSSR count). The van der Waals surface area contributed by atoms with Gasteiger partial charge in [0.05, 0.1) is 16.8 Å². The van der Waals surface area contributed by atoms with E-state index >= 15 is 0 Å². The van der Waals surface area contributed by atoms with E-state index < -0.39 is 11.0 Å². The SMILES string of the molecule is NC(=O)Oc1ncc(Br)nc1-c1cc(-c2ccc([N+](=O)[O-])cn2)no1. The summed E-state index contributed by atoms with van der Waals surface area (Å²) in [6.07, 6.45) is 1.36. The van der Waals surface area contributed by atoms with Crippen molar-refractivity contribution in [1.82, 2.24) is 20.1 Å². The molecular formula is C13H7BrN6O5. The van der Waals surface area contributed by atoms with Gasteiger partial charge in [0.2, 0.25) is 0 Å². The Balaban J connectivity index is 1.97. The number of hydrogen-bond acceptors (Lipinski definition) is 9. The Hall–Kier alpha value is -3.41. The second kappa shape index (κ2) is 6.60. The van der Waals surface area contributed by atoms with Crippen molar-refractivity contribution in [3.63, 3.8) is 0 Å². The van der Waals surface area contributed by atoms with Crippen LogP contribution in [0.15, 0.2) is 39.7 Å². The van der Waals surface area contributed by atoms with Crippen LogP contribution in [-0.2, 0) is 0 Å². The van der Waals surface area contributed by atoms with E-state index in [9.17, 15) is 14.9 Å². The molecule has 0 aliphatic carbocycles. The van der Waals surface area contributed by atoms with Crippen molar-refractivity contribution < 1.29 is 19.0 Å². The molecule has 1 amide bonds. The topological polar surface area (TPSA) is 160 Å². The summed E-state index contributed by atoms with van der Waals surface area (Å²) in [6, 6.07) is 4.18. The number of amides is 1. The molecule has 0 aromatic carbocycles. The number of hydrogen-bond donors (Lipinski definition) is 1. The molecule has 0 bridgehead atoms. The van der Waals surface area contributed by atoms with Crippen LogP contribution in [0.4, 0.5) is 10.5 Å². The fourth-order valence-electron chi connectivity index (χ4n) is 1.84.